The molecule has 0 aromatic carbocycles. The minimum absolute atomic E-state index is 0.0979. The van der Waals surface area contributed by atoms with Crippen molar-refractivity contribution < 1.29 is 19.2 Å². The van der Waals surface area contributed by atoms with Crippen LogP contribution in [0.2, 0.25) is 0 Å². The Balaban J connectivity index is 3.69. The monoisotopic (exact) mass is 270 g/mol. The Labute approximate surface area is 115 Å². The van der Waals surface area contributed by atoms with Crippen molar-refractivity contribution in [3.8, 4) is 0 Å². The Morgan fingerprint density at radius 2 is 1.74 bits per heavy atom. The fourth-order valence-corrected chi connectivity index (χ4v) is 1.78. The van der Waals surface area contributed by atoms with Crippen LogP contribution < -0.4 is 10.4 Å². The molecule has 0 aromatic heterocycles. The van der Waals surface area contributed by atoms with E-state index in [0.717, 1.165) is 30.4 Å². The molecule has 0 atom stereocenters. The molecule has 0 heterocycles. The van der Waals surface area contributed by atoms with Crippen LogP contribution in [0.15, 0.2) is 12.2 Å². The van der Waals surface area contributed by atoms with E-state index in [4.69, 9.17) is 0 Å². The zero-order valence-electron chi connectivity index (χ0n) is 12.3. The number of carbonyl (C=O) groups excluding carboxylic acids is 2. The number of hydrogen-bond acceptors (Lipinski definition) is 3. The molecule has 110 valence electrons. The van der Waals surface area contributed by atoms with Crippen LogP contribution in [0.1, 0.15) is 32.6 Å². The Kier molecular flexibility index (Phi) is 8.07. The fourth-order valence-electron chi connectivity index (χ4n) is 1.78. The number of nitrogens with one attached hydrogen (secondary N) is 1. The third kappa shape index (κ3) is 10.3. The first-order valence-electron chi connectivity index (χ1n) is 6.70. The van der Waals surface area contributed by atoms with Gasteiger partial charge in [0, 0.05) is 24.5 Å². The summed E-state index contributed by atoms with van der Waals surface area (Å²) in [6, 6.07) is 0. The van der Waals surface area contributed by atoms with Gasteiger partial charge in [-0.2, -0.15) is 0 Å². The molecule has 0 saturated heterocycles. The number of unbranched alkanes of at least 4 members (excludes halogenated alkanes) is 1. The first-order valence-corrected chi connectivity index (χ1v) is 6.70. The van der Waals surface area contributed by atoms with Crippen LogP contribution in [-0.2, 0) is 9.59 Å². The van der Waals surface area contributed by atoms with Crippen molar-refractivity contribution in [1.29, 1.82) is 0 Å². The summed E-state index contributed by atoms with van der Waals surface area (Å²) in [6.45, 7) is 7.79. The third-order valence-electron chi connectivity index (χ3n) is 3.01. The molecule has 0 aromatic rings. The first kappa shape index (κ1) is 17.6. The van der Waals surface area contributed by atoms with Gasteiger partial charge in [0.2, 0.25) is 5.91 Å². The van der Waals surface area contributed by atoms with E-state index in [1.54, 1.807) is 6.92 Å². The molecule has 0 radical (unpaired) electrons. The zero-order valence-corrected chi connectivity index (χ0v) is 12.3. The zero-order chi connectivity index (χ0) is 14.9. The van der Waals surface area contributed by atoms with Gasteiger partial charge in [0.15, 0.2) is 0 Å². The average molecular weight is 270 g/mol. The second-order valence-electron chi connectivity index (χ2n) is 5.60. The molecule has 1 amide bonds. The first-order chi connectivity index (χ1) is 8.74. The number of hydrogen-bond donors (Lipinski definition) is 1. The lowest BCUT2D eigenvalue weighted by molar-refractivity contribution is -0.890. The number of quaternary nitrogens is 1. The van der Waals surface area contributed by atoms with E-state index in [-0.39, 0.29) is 12.3 Å². The predicted octanol–water partition coefficient (Wildman–Crippen LogP) is 0.0654. The molecule has 0 saturated carbocycles. The third-order valence-corrected chi connectivity index (χ3v) is 3.01. The molecule has 0 rings (SSSR count). The Morgan fingerprint density at radius 1 is 1.16 bits per heavy atom. The fraction of sp³-hybridized carbons (Fsp3) is 0.714. The molecule has 0 aliphatic heterocycles. The second kappa shape index (κ2) is 8.69. The lowest BCUT2D eigenvalue weighted by Gasteiger charge is -2.30. The van der Waals surface area contributed by atoms with Crippen LogP contribution in [0.5, 0.6) is 0 Å². The number of nitrogens with zero attached hydrogens (tertiary/aromatic N) is 1. The van der Waals surface area contributed by atoms with Crippen molar-refractivity contribution in [2.24, 2.45) is 0 Å². The highest BCUT2D eigenvalue weighted by Crippen LogP contribution is 2.04. The maximum Gasteiger partial charge on any atom is 0.246 e. The molecule has 0 aliphatic rings. The van der Waals surface area contributed by atoms with Gasteiger partial charge in [0.25, 0.3) is 0 Å². The van der Waals surface area contributed by atoms with Gasteiger partial charge in [0.1, 0.15) is 0 Å². The minimum atomic E-state index is -0.979. The maximum atomic E-state index is 11.3. The molecule has 0 unspecified atom stereocenters. The average Bonchev–Trinajstić information content (AvgIpc) is 2.29. The van der Waals surface area contributed by atoms with Crippen LogP contribution in [-0.4, -0.2) is 50.1 Å². The van der Waals surface area contributed by atoms with Crippen LogP contribution in [0.4, 0.5) is 0 Å². The number of aliphatic carboxylic acids is 1. The van der Waals surface area contributed by atoms with Crippen molar-refractivity contribution >= 4 is 11.9 Å². The van der Waals surface area contributed by atoms with Crippen molar-refractivity contribution in [3.05, 3.63) is 12.2 Å². The molecule has 5 heteroatoms. The Hall–Kier alpha value is -1.36. The van der Waals surface area contributed by atoms with Gasteiger partial charge in [-0.3, -0.25) is 4.79 Å². The summed E-state index contributed by atoms with van der Waals surface area (Å²) in [4.78, 5) is 21.6. The highest BCUT2D eigenvalue weighted by molar-refractivity contribution is 5.91. The van der Waals surface area contributed by atoms with E-state index < -0.39 is 5.97 Å². The normalized spacial score (nSPS) is 11.1. The quantitative estimate of drug-likeness (QED) is 0.347. The van der Waals surface area contributed by atoms with Crippen LogP contribution in [0.3, 0.4) is 0 Å². The van der Waals surface area contributed by atoms with E-state index in [9.17, 15) is 14.7 Å². The number of amides is 1. The van der Waals surface area contributed by atoms with Crippen molar-refractivity contribution in [3.63, 3.8) is 0 Å². The standard InChI is InChI=1S/C14H26N2O3/c1-12(2)14(19)15-9-7-11-16(3,4)10-6-5-8-13(17)18/h1,5-11H2,2-4H3,(H-,15,17,18,19). The van der Waals surface area contributed by atoms with Gasteiger partial charge < -0.3 is 19.7 Å². The van der Waals surface area contributed by atoms with Crippen LogP contribution in [0.25, 0.3) is 0 Å². The summed E-state index contributed by atoms with van der Waals surface area (Å²) in [6.07, 6.45) is 2.57. The van der Waals surface area contributed by atoms with Gasteiger partial charge in [-0.1, -0.05) is 6.58 Å². The Morgan fingerprint density at radius 3 is 2.26 bits per heavy atom. The van der Waals surface area contributed by atoms with Gasteiger partial charge >= 0.3 is 0 Å². The molecule has 0 fully saturated rings. The summed E-state index contributed by atoms with van der Waals surface area (Å²) in [5, 5.41) is 13.1. The number of carboxylic acid groups (broad SMARTS) is 1. The molecule has 0 spiro atoms. The summed E-state index contributed by atoms with van der Waals surface area (Å²) < 4.78 is 0.829. The molecular weight excluding hydrogens is 244 g/mol. The topological polar surface area (TPSA) is 69.2 Å². The van der Waals surface area contributed by atoms with Gasteiger partial charge in [0.05, 0.1) is 27.2 Å². The summed E-state index contributed by atoms with van der Waals surface area (Å²) in [5.41, 5.74) is 0.524. The summed E-state index contributed by atoms with van der Waals surface area (Å²) in [5.74, 6) is -1.08. The summed E-state index contributed by atoms with van der Waals surface area (Å²) >= 11 is 0. The van der Waals surface area contributed by atoms with Gasteiger partial charge in [-0.15, -0.1) is 0 Å². The SMILES string of the molecule is C=C(C)C(=O)NCCC[N+](C)(C)CCCCC(=O)[O-]. The van der Waals surface area contributed by atoms with Crippen LogP contribution >= 0.6 is 0 Å². The molecule has 5 nitrogen and oxygen atoms in total. The highest BCUT2D eigenvalue weighted by atomic mass is 16.4. The molecule has 1 N–H and O–H groups in total. The van der Waals surface area contributed by atoms with Gasteiger partial charge in [-0.05, 0) is 26.2 Å². The smallest absolute Gasteiger partial charge is 0.246 e. The molecular formula is C14H26N2O3. The number of rotatable bonds is 10. The van der Waals surface area contributed by atoms with Crippen molar-refractivity contribution in [1.82, 2.24) is 5.32 Å². The second-order valence-corrected chi connectivity index (χ2v) is 5.60. The minimum Gasteiger partial charge on any atom is -0.550 e. The van der Waals surface area contributed by atoms with Crippen molar-refractivity contribution in [2.75, 3.05) is 33.7 Å². The van der Waals surface area contributed by atoms with E-state index in [2.05, 4.69) is 26.0 Å². The van der Waals surface area contributed by atoms with Gasteiger partial charge in [-0.25, -0.2) is 0 Å². The number of carbonyl (C=O) groups is 2. The lowest BCUT2D eigenvalue weighted by Crippen LogP contribution is -2.42. The predicted molar refractivity (Wildman–Crippen MR) is 73.1 cm³/mol. The highest BCUT2D eigenvalue weighted by Gasteiger charge is 2.14. The van der Waals surface area contributed by atoms with E-state index in [1.807, 2.05) is 0 Å². The lowest BCUT2D eigenvalue weighted by atomic mass is 10.2. The van der Waals surface area contributed by atoms with Crippen molar-refractivity contribution in [2.45, 2.75) is 32.6 Å². The molecule has 0 bridgehead atoms. The summed E-state index contributed by atoms with van der Waals surface area (Å²) in [7, 11) is 4.22. The van der Waals surface area contributed by atoms with E-state index >= 15 is 0 Å². The maximum absolute atomic E-state index is 11.3. The number of carboxylic acids is 1. The molecule has 19 heavy (non-hydrogen) atoms. The van der Waals surface area contributed by atoms with Crippen LogP contribution in [0, 0.1) is 0 Å². The Bertz CT molecular complexity index is 325. The largest absolute Gasteiger partial charge is 0.550 e. The van der Waals surface area contributed by atoms with E-state index in [1.165, 1.54) is 0 Å². The van der Waals surface area contributed by atoms with E-state index in [0.29, 0.717) is 18.5 Å². The molecule has 0 aliphatic carbocycles.